The number of hydrogen-bond donors (Lipinski definition) is 3. The highest BCUT2D eigenvalue weighted by Crippen LogP contribution is 2.40. The van der Waals surface area contributed by atoms with E-state index in [0.717, 1.165) is 5.56 Å². The van der Waals surface area contributed by atoms with Crippen molar-refractivity contribution in [2.24, 2.45) is 0 Å². The van der Waals surface area contributed by atoms with Gasteiger partial charge >= 0.3 is 11.9 Å². The number of piperidine rings is 1. The smallest absolute Gasteiger partial charge is 0.326 e. The first kappa shape index (κ1) is 24.3. The van der Waals surface area contributed by atoms with Gasteiger partial charge in [-0.1, -0.05) is 36.4 Å². The van der Waals surface area contributed by atoms with Crippen LogP contribution in [0.2, 0.25) is 0 Å². The summed E-state index contributed by atoms with van der Waals surface area (Å²) in [7, 11) is 0. The van der Waals surface area contributed by atoms with E-state index in [-0.39, 0.29) is 24.9 Å². The third-order valence-corrected chi connectivity index (χ3v) is 6.85. The van der Waals surface area contributed by atoms with Gasteiger partial charge in [-0.15, -0.1) is 0 Å². The molecule has 184 valence electrons. The predicted molar refractivity (Wildman–Crippen MR) is 125 cm³/mol. The Morgan fingerprint density at radius 3 is 2.54 bits per heavy atom. The Bertz CT molecular complexity index is 1140. The molecule has 1 fully saturated rings. The maximum atomic E-state index is 13.7. The van der Waals surface area contributed by atoms with Crippen molar-refractivity contribution in [1.29, 1.82) is 0 Å². The van der Waals surface area contributed by atoms with E-state index in [2.05, 4.69) is 5.32 Å². The number of nitrogens with one attached hydrogen (secondary N) is 1. The van der Waals surface area contributed by atoms with Crippen LogP contribution in [0.3, 0.4) is 0 Å². The SMILES string of the molecule is O=C(O)[C@H](CCc1ccccc1)N[C@H]1Cc2ccc([N+](=O)[O-])cc2[C@H]2CCC[C@@H](C(=O)O)N2C1=O. The molecule has 2 aromatic rings. The highest BCUT2D eigenvalue weighted by atomic mass is 16.6. The molecule has 0 aliphatic carbocycles. The van der Waals surface area contributed by atoms with Crippen LogP contribution >= 0.6 is 0 Å². The molecule has 0 aromatic heterocycles. The summed E-state index contributed by atoms with van der Waals surface area (Å²) in [5.41, 5.74) is 2.06. The van der Waals surface area contributed by atoms with Gasteiger partial charge in [0.15, 0.2) is 0 Å². The Morgan fingerprint density at radius 2 is 1.89 bits per heavy atom. The number of nitrogens with zero attached hydrogens (tertiary/aromatic N) is 2. The number of carboxylic acids is 2. The monoisotopic (exact) mass is 481 g/mol. The fourth-order valence-corrected chi connectivity index (χ4v) is 5.14. The number of aliphatic carboxylic acids is 2. The topological polar surface area (TPSA) is 150 Å². The molecule has 2 aliphatic heterocycles. The van der Waals surface area contributed by atoms with Crippen LogP contribution < -0.4 is 5.32 Å². The van der Waals surface area contributed by atoms with E-state index in [4.69, 9.17) is 0 Å². The fraction of sp³-hybridized carbons (Fsp3) is 0.400. The number of nitro benzene ring substituents is 1. The lowest BCUT2D eigenvalue weighted by molar-refractivity contribution is -0.385. The number of amides is 1. The molecule has 2 heterocycles. The first-order valence-corrected chi connectivity index (χ1v) is 11.6. The summed E-state index contributed by atoms with van der Waals surface area (Å²) in [5, 5.41) is 34.0. The molecule has 2 aromatic carbocycles. The van der Waals surface area contributed by atoms with Gasteiger partial charge in [0.25, 0.3) is 5.69 Å². The minimum atomic E-state index is -1.14. The number of nitro groups is 1. The lowest BCUT2D eigenvalue weighted by Gasteiger charge is -2.40. The van der Waals surface area contributed by atoms with Crippen LogP contribution in [0.5, 0.6) is 0 Å². The summed E-state index contributed by atoms with van der Waals surface area (Å²) in [6.07, 6.45) is 2.14. The summed E-state index contributed by atoms with van der Waals surface area (Å²) in [4.78, 5) is 50.0. The number of carbonyl (C=O) groups excluding carboxylic acids is 1. The first-order chi connectivity index (χ1) is 16.8. The number of benzene rings is 2. The van der Waals surface area contributed by atoms with Crippen molar-refractivity contribution in [1.82, 2.24) is 10.2 Å². The molecule has 1 saturated heterocycles. The van der Waals surface area contributed by atoms with Gasteiger partial charge in [-0.3, -0.25) is 25.0 Å². The van der Waals surface area contributed by atoms with E-state index in [9.17, 15) is 34.7 Å². The standard InChI is InChI=1S/C25H27N3O7/c29-23-20(26-19(24(30)31)12-9-15-5-2-1-3-6-15)13-16-10-11-17(28(34)35)14-18(16)21-7-4-8-22(25(32)33)27(21)23/h1-3,5-6,10-11,14,19-22,26H,4,7-9,12-13H2,(H,30,31)(H,32,33)/t19-,20-,21+,22-/m0/s1. The second-order valence-electron chi connectivity index (χ2n) is 9.02. The van der Waals surface area contributed by atoms with E-state index >= 15 is 0 Å². The zero-order valence-electron chi connectivity index (χ0n) is 19.0. The molecule has 0 radical (unpaired) electrons. The zero-order chi connectivity index (χ0) is 25.1. The zero-order valence-corrected chi connectivity index (χ0v) is 19.0. The molecule has 0 saturated carbocycles. The molecule has 0 bridgehead atoms. The van der Waals surface area contributed by atoms with Gasteiger partial charge in [-0.05, 0) is 55.2 Å². The summed E-state index contributed by atoms with van der Waals surface area (Å²) in [6.45, 7) is 0. The maximum Gasteiger partial charge on any atom is 0.326 e. The van der Waals surface area contributed by atoms with Crippen molar-refractivity contribution < 1.29 is 29.5 Å². The number of non-ortho nitro benzene ring substituents is 1. The quantitative estimate of drug-likeness (QED) is 0.385. The molecule has 2 aliphatic rings. The average Bonchev–Trinajstić information content (AvgIpc) is 2.96. The van der Waals surface area contributed by atoms with Crippen molar-refractivity contribution in [3.63, 3.8) is 0 Å². The fourth-order valence-electron chi connectivity index (χ4n) is 5.14. The highest BCUT2D eigenvalue weighted by molar-refractivity contribution is 5.89. The third kappa shape index (κ3) is 5.17. The van der Waals surface area contributed by atoms with Crippen LogP contribution in [0.15, 0.2) is 48.5 Å². The maximum absolute atomic E-state index is 13.7. The summed E-state index contributed by atoms with van der Waals surface area (Å²) in [5.74, 6) is -2.74. The number of carbonyl (C=O) groups is 3. The van der Waals surface area contributed by atoms with Gasteiger partial charge in [0.05, 0.1) is 17.0 Å². The van der Waals surface area contributed by atoms with E-state index in [0.29, 0.717) is 30.4 Å². The molecular formula is C25H27N3O7. The molecule has 1 amide bonds. The van der Waals surface area contributed by atoms with E-state index in [1.165, 1.54) is 17.0 Å². The van der Waals surface area contributed by atoms with Crippen molar-refractivity contribution in [2.75, 3.05) is 0 Å². The van der Waals surface area contributed by atoms with Gasteiger partial charge in [0.2, 0.25) is 5.91 Å². The molecule has 3 N–H and O–H groups in total. The Labute approximate surface area is 201 Å². The van der Waals surface area contributed by atoms with E-state index in [1.54, 1.807) is 6.07 Å². The predicted octanol–water partition coefficient (Wildman–Crippen LogP) is 2.70. The third-order valence-electron chi connectivity index (χ3n) is 6.85. The molecular weight excluding hydrogens is 454 g/mol. The normalized spacial score (nSPS) is 22.5. The van der Waals surface area contributed by atoms with Crippen molar-refractivity contribution in [2.45, 2.75) is 62.7 Å². The Morgan fingerprint density at radius 1 is 1.14 bits per heavy atom. The second-order valence-corrected chi connectivity index (χ2v) is 9.02. The molecule has 10 nitrogen and oxygen atoms in total. The number of fused-ring (bicyclic) bond motifs is 3. The van der Waals surface area contributed by atoms with Gasteiger partial charge in [0, 0.05) is 12.1 Å². The van der Waals surface area contributed by atoms with Gasteiger partial charge < -0.3 is 15.1 Å². The van der Waals surface area contributed by atoms with Crippen LogP contribution in [0.25, 0.3) is 0 Å². The average molecular weight is 482 g/mol. The van der Waals surface area contributed by atoms with Crippen molar-refractivity contribution in [3.8, 4) is 0 Å². The summed E-state index contributed by atoms with van der Waals surface area (Å²) >= 11 is 0. The Hall–Kier alpha value is -3.79. The van der Waals surface area contributed by atoms with Crippen LogP contribution in [0.1, 0.15) is 48.4 Å². The molecule has 4 atom stereocenters. The summed E-state index contributed by atoms with van der Waals surface area (Å²) in [6, 6.07) is 10.1. The number of carboxylic acid groups (broad SMARTS) is 2. The minimum Gasteiger partial charge on any atom is -0.480 e. The molecule has 0 spiro atoms. The Kier molecular flexibility index (Phi) is 7.11. The number of aryl methyl sites for hydroxylation is 1. The van der Waals surface area contributed by atoms with Crippen molar-refractivity contribution >= 4 is 23.5 Å². The Balaban J connectivity index is 1.67. The van der Waals surface area contributed by atoms with Crippen molar-refractivity contribution in [3.05, 3.63) is 75.3 Å². The van der Waals surface area contributed by atoms with Crippen LogP contribution in [-0.4, -0.2) is 56.0 Å². The first-order valence-electron chi connectivity index (χ1n) is 11.6. The second kappa shape index (κ2) is 10.2. The van der Waals surface area contributed by atoms with Crippen LogP contribution in [-0.2, 0) is 27.2 Å². The molecule has 4 rings (SSSR count). The summed E-state index contributed by atoms with van der Waals surface area (Å²) < 4.78 is 0. The van der Waals surface area contributed by atoms with E-state index in [1.807, 2.05) is 30.3 Å². The molecule has 35 heavy (non-hydrogen) atoms. The number of rotatable bonds is 8. The minimum absolute atomic E-state index is 0.112. The lowest BCUT2D eigenvalue weighted by Crippen LogP contribution is -2.57. The lowest BCUT2D eigenvalue weighted by atomic mass is 9.89. The van der Waals surface area contributed by atoms with Crippen LogP contribution in [0.4, 0.5) is 5.69 Å². The largest absolute Gasteiger partial charge is 0.480 e. The highest BCUT2D eigenvalue weighted by Gasteiger charge is 2.45. The van der Waals surface area contributed by atoms with E-state index < -0.39 is 46.9 Å². The van der Waals surface area contributed by atoms with Crippen LogP contribution in [0, 0.1) is 10.1 Å². The van der Waals surface area contributed by atoms with Gasteiger partial charge in [-0.25, -0.2) is 4.79 Å². The molecule has 10 heteroatoms. The molecule has 0 unspecified atom stereocenters. The van der Waals surface area contributed by atoms with Gasteiger partial charge in [-0.2, -0.15) is 0 Å². The van der Waals surface area contributed by atoms with Gasteiger partial charge in [0.1, 0.15) is 12.1 Å². The number of hydrogen-bond acceptors (Lipinski definition) is 6.